The Morgan fingerprint density at radius 2 is 2.06 bits per heavy atom. The number of carbonyl (C=O) groups excluding carboxylic acids is 1. The monoisotopic (exact) mass is 269 g/mol. The molecule has 0 heterocycles. The molecule has 1 unspecified atom stereocenters. The van der Waals surface area contributed by atoms with Gasteiger partial charge in [0.15, 0.2) is 0 Å². The summed E-state index contributed by atoms with van der Waals surface area (Å²) in [6.07, 6.45) is -1.51. The summed E-state index contributed by atoms with van der Waals surface area (Å²) in [5.41, 5.74) is 0. The van der Waals surface area contributed by atoms with Gasteiger partial charge in [0.05, 0.1) is 12.7 Å². The number of ether oxygens (including phenoxy) is 1. The van der Waals surface area contributed by atoms with Crippen LogP contribution in [-0.4, -0.2) is 52.0 Å². The van der Waals surface area contributed by atoms with Crippen molar-refractivity contribution in [3.8, 4) is 0 Å². The van der Waals surface area contributed by atoms with Gasteiger partial charge in [0.25, 0.3) is 0 Å². The van der Waals surface area contributed by atoms with Gasteiger partial charge in [-0.1, -0.05) is 0 Å². The maximum atomic E-state index is 11.2. The van der Waals surface area contributed by atoms with E-state index in [1.54, 1.807) is 18.6 Å². The molecule has 17 heavy (non-hydrogen) atoms. The summed E-state index contributed by atoms with van der Waals surface area (Å²) < 4.78 is 30.7. The van der Waals surface area contributed by atoms with Crippen LogP contribution in [0.25, 0.3) is 0 Å². The minimum absolute atomic E-state index is 0.0945. The number of amides is 1. The smallest absolute Gasteiger partial charge is 0.421 e. The Morgan fingerprint density at radius 1 is 1.41 bits per heavy atom. The van der Waals surface area contributed by atoms with Crippen LogP contribution in [0, 0.1) is 0 Å². The Morgan fingerprint density at radius 3 is 2.59 bits per heavy atom. The summed E-state index contributed by atoms with van der Waals surface area (Å²) in [5.74, 6) is 0. The highest BCUT2D eigenvalue weighted by atomic mass is 32.2. The summed E-state index contributed by atoms with van der Waals surface area (Å²) in [6, 6.07) is 0. The SMILES string of the molecule is CCOC(=O)NS(=O)(=O)NCCNCC(C)O. The van der Waals surface area contributed by atoms with Gasteiger partial charge in [-0.25, -0.2) is 9.52 Å². The van der Waals surface area contributed by atoms with Crippen LogP contribution in [0.2, 0.25) is 0 Å². The molecule has 0 bridgehead atoms. The van der Waals surface area contributed by atoms with Crippen LogP contribution in [0.3, 0.4) is 0 Å². The van der Waals surface area contributed by atoms with Crippen LogP contribution in [0.5, 0.6) is 0 Å². The maximum Gasteiger partial charge on any atom is 0.421 e. The van der Waals surface area contributed by atoms with Gasteiger partial charge in [-0.2, -0.15) is 13.1 Å². The van der Waals surface area contributed by atoms with Crippen molar-refractivity contribution in [1.82, 2.24) is 14.8 Å². The minimum Gasteiger partial charge on any atom is -0.449 e. The van der Waals surface area contributed by atoms with Crippen LogP contribution < -0.4 is 14.8 Å². The Balaban J connectivity index is 3.75. The maximum absolute atomic E-state index is 11.2. The first-order valence-corrected chi connectivity index (χ1v) is 6.68. The van der Waals surface area contributed by atoms with E-state index in [1.807, 2.05) is 0 Å². The molecule has 0 radical (unpaired) electrons. The normalized spacial score (nSPS) is 13.1. The summed E-state index contributed by atoms with van der Waals surface area (Å²) in [6.45, 7) is 4.08. The van der Waals surface area contributed by atoms with E-state index in [0.717, 1.165) is 0 Å². The predicted molar refractivity (Wildman–Crippen MR) is 61.6 cm³/mol. The Hall–Kier alpha value is -0.900. The van der Waals surface area contributed by atoms with Gasteiger partial charge >= 0.3 is 16.3 Å². The topological polar surface area (TPSA) is 117 Å². The Kier molecular flexibility index (Phi) is 7.79. The zero-order valence-corrected chi connectivity index (χ0v) is 10.7. The van der Waals surface area contributed by atoms with E-state index in [0.29, 0.717) is 13.1 Å². The fourth-order valence-electron chi connectivity index (χ4n) is 0.891. The third kappa shape index (κ3) is 10.00. The van der Waals surface area contributed by atoms with Crippen molar-refractivity contribution >= 4 is 16.3 Å². The fourth-order valence-corrected chi connectivity index (χ4v) is 1.61. The van der Waals surface area contributed by atoms with Gasteiger partial charge in [-0.3, -0.25) is 0 Å². The van der Waals surface area contributed by atoms with Crippen molar-refractivity contribution in [3.05, 3.63) is 0 Å². The third-order valence-electron chi connectivity index (χ3n) is 1.53. The molecule has 0 spiro atoms. The van der Waals surface area contributed by atoms with E-state index in [4.69, 9.17) is 5.11 Å². The molecular weight excluding hydrogens is 250 g/mol. The van der Waals surface area contributed by atoms with Gasteiger partial charge in [-0.05, 0) is 13.8 Å². The molecule has 0 aliphatic carbocycles. The predicted octanol–water partition coefficient (Wildman–Crippen LogP) is -1.46. The van der Waals surface area contributed by atoms with Gasteiger partial charge < -0.3 is 15.2 Å². The molecule has 0 fully saturated rings. The summed E-state index contributed by atoms with van der Waals surface area (Å²) in [4.78, 5) is 10.8. The zero-order chi connectivity index (χ0) is 13.3. The molecular formula is C8H19N3O5S. The summed E-state index contributed by atoms with van der Waals surface area (Å²) >= 11 is 0. The first kappa shape index (κ1) is 16.1. The highest BCUT2D eigenvalue weighted by Crippen LogP contribution is 1.81. The van der Waals surface area contributed by atoms with Gasteiger partial charge in [-0.15, -0.1) is 0 Å². The molecule has 1 amide bonds. The first-order valence-electron chi connectivity index (χ1n) is 5.20. The minimum atomic E-state index is -3.88. The van der Waals surface area contributed by atoms with E-state index >= 15 is 0 Å². The van der Waals surface area contributed by atoms with E-state index in [-0.39, 0.29) is 13.2 Å². The molecule has 4 N–H and O–H groups in total. The van der Waals surface area contributed by atoms with Crippen molar-refractivity contribution in [3.63, 3.8) is 0 Å². The first-order chi connectivity index (χ1) is 7.87. The number of nitrogens with one attached hydrogen (secondary N) is 3. The number of hydrogen-bond donors (Lipinski definition) is 4. The lowest BCUT2D eigenvalue weighted by Gasteiger charge is -2.09. The summed E-state index contributed by atoms with van der Waals surface area (Å²) in [7, 11) is -3.88. The van der Waals surface area contributed by atoms with Gasteiger partial charge in [0.1, 0.15) is 0 Å². The average molecular weight is 269 g/mol. The van der Waals surface area contributed by atoms with Crippen molar-refractivity contribution in [2.24, 2.45) is 0 Å². The number of aliphatic hydroxyl groups excluding tert-OH is 1. The largest absolute Gasteiger partial charge is 0.449 e. The molecule has 0 aromatic carbocycles. The van der Waals surface area contributed by atoms with E-state index < -0.39 is 22.4 Å². The van der Waals surface area contributed by atoms with Crippen molar-refractivity contribution in [2.75, 3.05) is 26.2 Å². The molecule has 0 rings (SSSR count). The van der Waals surface area contributed by atoms with Crippen LogP contribution in [-0.2, 0) is 14.9 Å². The van der Waals surface area contributed by atoms with Crippen LogP contribution in [0.1, 0.15) is 13.8 Å². The van der Waals surface area contributed by atoms with E-state index in [9.17, 15) is 13.2 Å². The number of rotatable bonds is 8. The van der Waals surface area contributed by atoms with Gasteiger partial charge in [0, 0.05) is 19.6 Å². The number of aliphatic hydroxyl groups is 1. The molecule has 0 aromatic heterocycles. The Labute approximate surface area is 101 Å². The Bertz CT molecular complexity index is 317. The molecule has 0 aromatic rings. The number of hydrogen-bond acceptors (Lipinski definition) is 6. The second-order valence-electron chi connectivity index (χ2n) is 3.27. The van der Waals surface area contributed by atoms with Crippen molar-refractivity contribution in [2.45, 2.75) is 20.0 Å². The molecule has 8 nitrogen and oxygen atoms in total. The highest BCUT2D eigenvalue weighted by Gasteiger charge is 2.13. The molecule has 102 valence electrons. The second-order valence-corrected chi connectivity index (χ2v) is 4.77. The molecule has 9 heteroatoms. The van der Waals surface area contributed by atoms with Crippen LogP contribution in [0.15, 0.2) is 0 Å². The number of carbonyl (C=O) groups is 1. The quantitative estimate of drug-likeness (QED) is 0.400. The molecule has 1 atom stereocenters. The lowest BCUT2D eigenvalue weighted by molar-refractivity contribution is 0.158. The molecule has 0 saturated heterocycles. The van der Waals surface area contributed by atoms with E-state index in [2.05, 4.69) is 14.8 Å². The van der Waals surface area contributed by atoms with Crippen LogP contribution >= 0.6 is 0 Å². The zero-order valence-electron chi connectivity index (χ0n) is 9.89. The van der Waals surface area contributed by atoms with Crippen molar-refractivity contribution < 1.29 is 23.1 Å². The lowest BCUT2D eigenvalue weighted by atomic mass is 10.4. The standard InChI is InChI=1S/C8H19N3O5S/c1-3-16-8(13)11-17(14,15)10-5-4-9-6-7(2)12/h7,9-10,12H,3-6H2,1-2H3,(H,11,13). The average Bonchev–Trinajstić information content (AvgIpc) is 2.15. The molecule has 0 saturated carbocycles. The molecule has 0 aliphatic rings. The molecule has 0 aliphatic heterocycles. The van der Waals surface area contributed by atoms with E-state index in [1.165, 1.54) is 0 Å². The second kappa shape index (κ2) is 8.23. The third-order valence-corrected chi connectivity index (χ3v) is 2.55. The lowest BCUT2D eigenvalue weighted by Crippen LogP contribution is -2.43. The fraction of sp³-hybridized carbons (Fsp3) is 0.875. The summed E-state index contributed by atoms with van der Waals surface area (Å²) in [5, 5.41) is 11.7. The van der Waals surface area contributed by atoms with Gasteiger partial charge in [0.2, 0.25) is 0 Å². The van der Waals surface area contributed by atoms with Crippen LogP contribution in [0.4, 0.5) is 4.79 Å². The highest BCUT2D eigenvalue weighted by molar-refractivity contribution is 7.88. The van der Waals surface area contributed by atoms with Crippen molar-refractivity contribution in [1.29, 1.82) is 0 Å².